The summed E-state index contributed by atoms with van der Waals surface area (Å²) in [5, 5.41) is 8.16. The highest BCUT2D eigenvalue weighted by atomic mass is 16.4. The Morgan fingerprint density at radius 3 is 2.55 bits per heavy atom. The van der Waals surface area contributed by atoms with Crippen molar-refractivity contribution in [2.45, 2.75) is 26.2 Å². The second-order valence-electron chi connectivity index (χ2n) is 2.23. The van der Waals surface area contributed by atoms with E-state index in [1.165, 1.54) is 6.08 Å². The molecule has 3 heteroatoms. The lowest BCUT2D eigenvalue weighted by Crippen LogP contribution is -1.94. The first-order valence-electron chi connectivity index (χ1n) is 3.58. The molecule has 0 aromatic rings. The Morgan fingerprint density at radius 1 is 1.45 bits per heavy atom. The summed E-state index contributed by atoms with van der Waals surface area (Å²) in [5.74, 6) is -0.917. The molecule has 0 heterocycles. The standard InChI is InChI=1S/C8H12O3/c1-2-4-7(9)5-3-6-8(10)11/h3,6H,2,4-5H2,1H3,(H,10,11). The highest BCUT2D eigenvalue weighted by Gasteiger charge is 1.95. The van der Waals surface area contributed by atoms with Crippen LogP contribution in [-0.4, -0.2) is 16.9 Å². The van der Waals surface area contributed by atoms with Gasteiger partial charge < -0.3 is 5.11 Å². The Kier molecular flexibility index (Phi) is 5.07. The highest BCUT2D eigenvalue weighted by Crippen LogP contribution is 1.94. The van der Waals surface area contributed by atoms with Crippen LogP contribution in [0.2, 0.25) is 0 Å². The lowest BCUT2D eigenvalue weighted by molar-refractivity contribution is -0.131. The average molecular weight is 156 g/mol. The van der Waals surface area contributed by atoms with E-state index in [1.807, 2.05) is 6.92 Å². The molecule has 0 saturated carbocycles. The summed E-state index contributed by atoms with van der Waals surface area (Å²) in [6.45, 7) is 1.92. The Labute approximate surface area is 65.7 Å². The number of carboxylic acid groups (broad SMARTS) is 1. The van der Waals surface area contributed by atoms with E-state index in [1.54, 1.807) is 0 Å². The molecule has 0 atom stereocenters. The Balaban J connectivity index is 3.53. The SMILES string of the molecule is CCCC(=O)CC=CC(=O)O. The van der Waals surface area contributed by atoms with Crippen molar-refractivity contribution >= 4 is 11.8 Å². The maximum atomic E-state index is 10.8. The van der Waals surface area contributed by atoms with E-state index in [2.05, 4.69) is 0 Å². The molecule has 0 aliphatic rings. The first kappa shape index (κ1) is 9.88. The predicted molar refractivity (Wildman–Crippen MR) is 41.3 cm³/mol. The molecule has 0 rings (SSSR count). The molecule has 0 bridgehead atoms. The number of carbonyl (C=O) groups is 2. The molecule has 62 valence electrons. The van der Waals surface area contributed by atoms with Gasteiger partial charge in [-0.15, -0.1) is 0 Å². The molecule has 0 saturated heterocycles. The number of hydrogen-bond acceptors (Lipinski definition) is 2. The average Bonchev–Trinajstić information content (AvgIpc) is 1.87. The predicted octanol–water partition coefficient (Wildman–Crippen LogP) is 1.39. The molecule has 0 fully saturated rings. The molecule has 0 aromatic heterocycles. The molecule has 0 amide bonds. The minimum atomic E-state index is -1.01. The fourth-order valence-electron chi connectivity index (χ4n) is 0.672. The lowest BCUT2D eigenvalue weighted by atomic mass is 10.2. The van der Waals surface area contributed by atoms with E-state index in [-0.39, 0.29) is 12.2 Å². The van der Waals surface area contributed by atoms with Gasteiger partial charge in [-0.25, -0.2) is 4.79 Å². The third-order valence-corrected chi connectivity index (χ3v) is 1.13. The minimum absolute atomic E-state index is 0.0880. The zero-order valence-electron chi connectivity index (χ0n) is 6.54. The van der Waals surface area contributed by atoms with Gasteiger partial charge in [0.1, 0.15) is 5.78 Å². The summed E-state index contributed by atoms with van der Waals surface area (Å²) >= 11 is 0. The van der Waals surface area contributed by atoms with E-state index in [9.17, 15) is 9.59 Å². The second-order valence-corrected chi connectivity index (χ2v) is 2.23. The van der Waals surface area contributed by atoms with Crippen LogP contribution in [0.25, 0.3) is 0 Å². The number of aliphatic carboxylic acids is 1. The van der Waals surface area contributed by atoms with E-state index < -0.39 is 5.97 Å². The maximum absolute atomic E-state index is 10.8. The third kappa shape index (κ3) is 6.77. The summed E-state index contributed by atoms with van der Waals surface area (Å²) in [6.07, 6.45) is 3.96. The Hall–Kier alpha value is -1.12. The third-order valence-electron chi connectivity index (χ3n) is 1.13. The van der Waals surface area contributed by atoms with Crippen molar-refractivity contribution in [2.75, 3.05) is 0 Å². The fraction of sp³-hybridized carbons (Fsp3) is 0.500. The quantitative estimate of drug-likeness (QED) is 0.612. The molecule has 0 aliphatic carbocycles. The smallest absolute Gasteiger partial charge is 0.327 e. The first-order chi connectivity index (χ1) is 5.16. The lowest BCUT2D eigenvalue weighted by Gasteiger charge is -1.90. The van der Waals surface area contributed by atoms with Crippen LogP contribution >= 0.6 is 0 Å². The monoisotopic (exact) mass is 156 g/mol. The second kappa shape index (κ2) is 5.65. The Morgan fingerprint density at radius 2 is 2.09 bits per heavy atom. The highest BCUT2D eigenvalue weighted by molar-refractivity contribution is 5.83. The number of allylic oxidation sites excluding steroid dienone is 1. The largest absolute Gasteiger partial charge is 0.478 e. The molecule has 0 spiro atoms. The fourth-order valence-corrected chi connectivity index (χ4v) is 0.672. The van der Waals surface area contributed by atoms with E-state index in [0.717, 1.165) is 12.5 Å². The van der Waals surface area contributed by atoms with Crippen molar-refractivity contribution in [2.24, 2.45) is 0 Å². The van der Waals surface area contributed by atoms with Crippen molar-refractivity contribution in [3.8, 4) is 0 Å². The van der Waals surface area contributed by atoms with Crippen molar-refractivity contribution in [3.63, 3.8) is 0 Å². The minimum Gasteiger partial charge on any atom is -0.478 e. The molecule has 0 aromatic carbocycles. The van der Waals surface area contributed by atoms with Crippen molar-refractivity contribution < 1.29 is 14.7 Å². The number of rotatable bonds is 5. The van der Waals surface area contributed by atoms with Crippen LogP contribution in [0.5, 0.6) is 0 Å². The van der Waals surface area contributed by atoms with Gasteiger partial charge in [0.05, 0.1) is 0 Å². The van der Waals surface area contributed by atoms with Crippen LogP contribution in [0.4, 0.5) is 0 Å². The van der Waals surface area contributed by atoms with Crippen LogP contribution in [-0.2, 0) is 9.59 Å². The van der Waals surface area contributed by atoms with Gasteiger partial charge in [0.15, 0.2) is 0 Å². The van der Waals surface area contributed by atoms with Gasteiger partial charge in [0.25, 0.3) is 0 Å². The number of carboxylic acids is 1. The zero-order chi connectivity index (χ0) is 8.69. The molecule has 0 aliphatic heterocycles. The summed E-state index contributed by atoms with van der Waals surface area (Å²) in [5.41, 5.74) is 0. The van der Waals surface area contributed by atoms with Crippen LogP contribution in [0.3, 0.4) is 0 Å². The molecular weight excluding hydrogens is 144 g/mol. The van der Waals surface area contributed by atoms with Gasteiger partial charge in [-0.3, -0.25) is 4.79 Å². The van der Waals surface area contributed by atoms with Crippen LogP contribution in [0, 0.1) is 0 Å². The van der Waals surface area contributed by atoms with Crippen LogP contribution in [0.15, 0.2) is 12.2 Å². The van der Waals surface area contributed by atoms with Gasteiger partial charge in [-0.2, -0.15) is 0 Å². The van der Waals surface area contributed by atoms with Crippen LogP contribution in [0.1, 0.15) is 26.2 Å². The summed E-state index contributed by atoms with van der Waals surface area (Å²) in [7, 11) is 0. The number of Topliss-reactive ketones (excluding diaryl/α,β-unsaturated/α-hetero) is 1. The van der Waals surface area contributed by atoms with E-state index >= 15 is 0 Å². The Bertz CT molecular complexity index is 170. The molecule has 3 nitrogen and oxygen atoms in total. The van der Waals surface area contributed by atoms with E-state index in [0.29, 0.717) is 6.42 Å². The van der Waals surface area contributed by atoms with Gasteiger partial charge in [-0.1, -0.05) is 13.0 Å². The summed E-state index contributed by atoms with van der Waals surface area (Å²) in [4.78, 5) is 20.7. The normalized spacial score (nSPS) is 10.3. The molecule has 1 N–H and O–H groups in total. The number of hydrogen-bond donors (Lipinski definition) is 1. The molecule has 0 unspecified atom stereocenters. The van der Waals surface area contributed by atoms with Crippen molar-refractivity contribution in [1.29, 1.82) is 0 Å². The van der Waals surface area contributed by atoms with Gasteiger partial charge in [0.2, 0.25) is 0 Å². The van der Waals surface area contributed by atoms with Gasteiger partial charge >= 0.3 is 5.97 Å². The van der Waals surface area contributed by atoms with Crippen molar-refractivity contribution in [1.82, 2.24) is 0 Å². The first-order valence-corrected chi connectivity index (χ1v) is 3.58. The molecule has 0 radical (unpaired) electrons. The molecular formula is C8H12O3. The van der Waals surface area contributed by atoms with Crippen LogP contribution < -0.4 is 0 Å². The topological polar surface area (TPSA) is 54.4 Å². The molecule has 11 heavy (non-hydrogen) atoms. The van der Waals surface area contributed by atoms with Gasteiger partial charge in [-0.05, 0) is 6.42 Å². The number of carbonyl (C=O) groups excluding carboxylic acids is 1. The summed E-state index contributed by atoms with van der Waals surface area (Å²) in [6, 6.07) is 0. The summed E-state index contributed by atoms with van der Waals surface area (Å²) < 4.78 is 0. The van der Waals surface area contributed by atoms with E-state index in [4.69, 9.17) is 5.11 Å². The van der Waals surface area contributed by atoms with Crippen molar-refractivity contribution in [3.05, 3.63) is 12.2 Å². The maximum Gasteiger partial charge on any atom is 0.327 e. The zero-order valence-corrected chi connectivity index (χ0v) is 6.54. The number of ketones is 1. The van der Waals surface area contributed by atoms with Gasteiger partial charge in [0, 0.05) is 18.9 Å².